The van der Waals surface area contributed by atoms with Gasteiger partial charge in [0.1, 0.15) is 0 Å². The van der Waals surface area contributed by atoms with Gasteiger partial charge in [-0.05, 0) is 12.8 Å². The van der Waals surface area contributed by atoms with Crippen LogP contribution < -0.4 is 0 Å². The SMILES string of the molecule is CCCCCC(O)(CCCC)[N+](=O)[O-]. The zero-order valence-corrected chi connectivity index (χ0v) is 9.16. The Balaban J connectivity index is 4.03. The molecule has 84 valence electrons. The van der Waals surface area contributed by atoms with Crippen molar-refractivity contribution < 1.29 is 10.0 Å². The molecule has 0 aromatic rings. The van der Waals surface area contributed by atoms with Crippen molar-refractivity contribution in [2.45, 2.75) is 64.5 Å². The van der Waals surface area contributed by atoms with Gasteiger partial charge in [0.05, 0.1) is 4.92 Å². The Labute approximate surface area is 85.5 Å². The van der Waals surface area contributed by atoms with Crippen LogP contribution in [-0.2, 0) is 0 Å². The van der Waals surface area contributed by atoms with Gasteiger partial charge in [-0.25, -0.2) is 0 Å². The molecule has 0 aliphatic rings. The summed E-state index contributed by atoms with van der Waals surface area (Å²) in [5, 5.41) is 20.4. The highest BCUT2D eigenvalue weighted by Crippen LogP contribution is 2.22. The number of rotatable bonds is 8. The first-order chi connectivity index (χ1) is 6.56. The summed E-state index contributed by atoms with van der Waals surface area (Å²) in [6, 6.07) is 0. The van der Waals surface area contributed by atoms with Crippen LogP contribution in [0.5, 0.6) is 0 Å². The lowest BCUT2D eigenvalue weighted by molar-refractivity contribution is -0.627. The fourth-order valence-corrected chi connectivity index (χ4v) is 1.43. The highest BCUT2D eigenvalue weighted by atomic mass is 16.7. The van der Waals surface area contributed by atoms with Gasteiger partial charge >= 0.3 is 5.72 Å². The van der Waals surface area contributed by atoms with Crippen molar-refractivity contribution >= 4 is 0 Å². The minimum absolute atomic E-state index is 0.278. The monoisotopic (exact) mass is 203 g/mol. The van der Waals surface area contributed by atoms with Crippen molar-refractivity contribution in [3.05, 3.63) is 10.1 Å². The maximum absolute atomic E-state index is 10.7. The molecule has 0 bridgehead atoms. The maximum Gasteiger partial charge on any atom is 0.322 e. The first kappa shape index (κ1) is 13.4. The molecular weight excluding hydrogens is 182 g/mol. The van der Waals surface area contributed by atoms with Crippen LogP contribution in [0.15, 0.2) is 0 Å². The summed E-state index contributed by atoms with van der Waals surface area (Å²) in [5.74, 6) is 0. The van der Waals surface area contributed by atoms with Gasteiger partial charge in [-0.15, -0.1) is 0 Å². The first-order valence-corrected chi connectivity index (χ1v) is 5.43. The molecule has 0 aromatic heterocycles. The van der Waals surface area contributed by atoms with E-state index in [4.69, 9.17) is 0 Å². The number of aliphatic hydroxyl groups is 1. The third-order valence-electron chi connectivity index (χ3n) is 2.45. The van der Waals surface area contributed by atoms with E-state index in [1.165, 1.54) is 0 Å². The molecule has 0 heterocycles. The van der Waals surface area contributed by atoms with Crippen molar-refractivity contribution in [2.24, 2.45) is 0 Å². The van der Waals surface area contributed by atoms with Gasteiger partial charge in [-0.2, -0.15) is 0 Å². The standard InChI is InChI=1S/C10H21NO3/c1-3-5-7-9-10(12,11(13)14)8-6-4-2/h12H,3-9H2,1-2H3. The Morgan fingerprint density at radius 3 is 2.07 bits per heavy atom. The van der Waals surface area contributed by atoms with Crippen LogP contribution in [0, 0.1) is 10.1 Å². The maximum atomic E-state index is 10.7. The van der Waals surface area contributed by atoms with E-state index in [0.29, 0.717) is 6.42 Å². The number of hydrogen-bond acceptors (Lipinski definition) is 3. The van der Waals surface area contributed by atoms with Crippen LogP contribution in [-0.4, -0.2) is 15.8 Å². The number of nitro groups is 1. The molecule has 0 aliphatic carbocycles. The zero-order valence-electron chi connectivity index (χ0n) is 9.16. The first-order valence-electron chi connectivity index (χ1n) is 5.43. The molecule has 1 unspecified atom stereocenters. The molecule has 0 fully saturated rings. The largest absolute Gasteiger partial charge is 0.331 e. The van der Waals surface area contributed by atoms with E-state index < -0.39 is 10.6 Å². The summed E-state index contributed by atoms with van der Waals surface area (Å²) in [6.07, 6.45) is 4.85. The van der Waals surface area contributed by atoms with Gasteiger partial charge < -0.3 is 5.11 Å². The van der Waals surface area contributed by atoms with E-state index in [-0.39, 0.29) is 12.8 Å². The molecule has 0 saturated heterocycles. The van der Waals surface area contributed by atoms with Gasteiger partial charge in [0.25, 0.3) is 0 Å². The van der Waals surface area contributed by atoms with E-state index in [2.05, 4.69) is 0 Å². The predicted octanol–water partition coefficient (Wildman–Crippen LogP) is 2.72. The molecule has 0 radical (unpaired) electrons. The fourth-order valence-electron chi connectivity index (χ4n) is 1.43. The van der Waals surface area contributed by atoms with Gasteiger partial charge in [-0.3, -0.25) is 10.1 Å². The molecule has 0 amide bonds. The Hall–Kier alpha value is -0.640. The molecular formula is C10H21NO3. The predicted molar refractivity (Wildman–Crippen MR) is 55.6 cm³/mol. The van der Waals surface area contributed by atoms with Crippen LogP contribution in [0.1, 0.15) is 58.8 Å². The van der Waals surface area contributed by atoms with E-state index in [1.54, 1.807) is 0 Å². The molecule has 0 rings (SSSR count). The smallest absolute Gasteiger partial charge is 0.322 e. The second kappa shape index (κ2) is 6.76. The quantitative estimate of drug-likeness (QED) is 0.285. The van der Waals surface area contributed by atoms with E-state index in [1.807, 2.05) is 13.8 Å². The average Bonchev–Trinajstić information content (AvgIpc) is 2.15. The van der Waals surface area contributed by atoms with Crippen LogP contribution in [0.4, 0.5) is 0 Å². The van der Waals surface area contributed by atoms with Gasteiger partial charge in [0, 0.05) is 12.8 Å². The van der Waals surface area contributed by atoms with Gasteiger partial charge in [0.15, 0.2) is 0 Å². The van der Waals surface area contributed by atoms with Gasteiger partial charge in [-0.1, -0.05) is 33.1 Å². The van der Waals surface area contributed by atoms with Crippen LogP contribution in [0.25, 0.3) is 0 Å². The third kappa shape index (κ3) is 4.56. The van der Waals surface area contributed by atoms with E-state index in [9.17, 15) is 15.2 Å². The third-order valence-corrected chi connectivity index (χ3v) is 2.45. The number of unbranched alkanes of at least 4 members (excludes halogenated alkanes) is 3. The molecule has 14 heavy (non-hydrogen) atoms. The lowest BCUT2D eigenvalue weighted by Gasteiger charge is -2.18. The molecule has 0 aromatic carbocycles. The minimum Gasteiger partial charge on any atom is -0.331 e. The molecule has 1 N–H and O–H groups in total. The van der Waals surface area contributed by atoms with Crippen LogP contribution in [0.3, 0.4) is 0 Å². The Morgan fingerprint density at radius 1 is 1.14 bits per heavy atom. The van der Waals surface area contributed by atoms with Crippen LogP contribution >= 0.6 is 0 Å². The number of nitrogens with zero attached hydrogens (tertiary/aromatic N) is 1. The lowest BCUT2D eigenvalue weighted by Crippen LogP contribution is -2.38. The number of hydrogen-bond donors (Lipinski definition) is 1. The Kier molecular flexibility index (Phi) is 6.45. The summed E-state index contributed by atoms with van der Waals surface area (Å²) in [7, 11) is 0. The second-order valence-electron chi connectivity index (χ2n) is 3.80. The molecule has 0 saturated carbocycles. The summed E-state index contributed by atoms with van der Waals surface area (Å²) >= 11 is 0. The minimum atomic E-state index is -1.68. The van der Waals surface area contributed by atoms with Crippen molar-refractivity contribution in [1.29, 1.82) is 0 Å². The summed E-state index contributed by atoms with van der Waals surface area (Å²) in [4.78, 5) is 10.1. The van der Waals surface area contributed by atoms with Crippen molar-refractivity contribution in [3.8, 4) is 0 Å². The van der Waals surface area contributed by atoms with E-state index >= 15 is 0 Å². The molecule has 0 aliphatic heterocycles. The van der Waals surface area contributed by atoms with Crippen molar-refractivity contribution in [1.82, 2.24) is 0 Å². The summed E-state index contributed by atoms with van der Waals surface area (Å²) < 4.78 is 0. The topological polar surface area (TPSA) is 63.4 Å². The molecule has 1 atom stereocenters. The molecule has 4 nitrogen and oxygen atoms in total. The normalized spacial score (nSPS) is 15.1. The van der Waals surface area contributed by atoms with Gasteiger partial charge in [0.2, 0.25) is 0 Å². The second-order valence-corrected chi connectivity index (χ2v) is 3.80. The summed E-state index contributed by atoms with van der Waals surface area (Å²) in [6.45, 7) is 4.00. The Bertz CT molecular complexity index is 173. The Morgan fingerprint density at radius 2 is 1.64 bits per heavy atom. The van der Waals surface area contributed by atoms with E-state index in [0.717, 1.165) is 25.7 Å². The zero-order chi connectivity index (χ0) is 11.0. The highest BCUT2D eigenvalue weighted by Gasteiger charge is 2.38. The van der Waals surface area contributed by atoms with Crippen molar-refractivity contribution in [2.75, 3.05) is 0 Å². The molecule has 4 heteroatoms. The molecule has 0 spiro atoms. The average molecular weight is 203 g/mol. The lowest BCUT2D eigenvalue weighted by atomic mass is 9.99. The summed E-state index contributed by atoms with van der Waals surface area (Å²) in [5.41, 5.74) is -1.68. The highest BCUT2D eigenvalue weighted by molar-refractivity contribution is 4.65. The van der Waals surface area contributed by atoms with Crippen LogP contribution in [0.2, 0.25) is 0 Å². The van der Waals surface area contributed by atoms with Crippen molar-refractivity contribution in [3.63, 3.8) is 0 Å². The fraction of sp³-hybridized carbons (Fsp3) is 1.00.